The zero-order valence-corrected chi connectivity index (χ0v) is 12.8. The first-order valence-electron chi connectivity index (χ1n) is 7.06. The van der Waals surface area contributed by atoms with E-state index in [1.807, 2.05) is 0 Å². The summed E-state index contributed by atoms with van der Waals surface area (Å²) in [6.45, 7) is 0. The Bertz CT molecular complexity index is 1090. The molecule has 3 aromatic rings. The van der Waals surface area contributed by atoms with Crippen LogP contribution in [0.15, 0.2) is 35.1 Å². The molecule has 0 aliphatic heterocycles. The van der Waals surface area contributed by atoms with Gasteiger partial charge in [0.1, 0.15) is 22.9 Å². The van der Waals surface area contributed by atoms with E-state index in [9.17, 15) is 30.0 Å². The Kier molecular flexibility index (Phi) is 3.93. The number of carboxylic acids is 1. The van der Waals surface area contributed by atoms with Gasteiger partial charge >= 0.3 is 11.7 Å². The van der Waals surface area contributed by atoms with Crippen molar-refractivity contribution >= 4 is 5.97 Å². The van der Waals surface area contributed by atoms with E-state index in [4.69, 9.17) is 5.11 Å². The molecular formula is C16H11N3O7. The average molecular weight is 357 g/mol. The number of hydrogen-bond donors (Lipinski definition) is 6. The number of aromatic nitrogens is 3. The maximum absolute atomic E-state index is 11.8. The number of H-pyrrole nitrogens is 1. The number of aromatic amines is 1. The molecule has 0 spiro atoms. The molecule has 26 heavy (non-hydrogen) atoms. The first-order valence-corrected chi connectivity index (χ1v) is 7.06. The fourth-order valence-corrected chi connectivity index (χ4v) is 2.24. The van der Waals surface area contributed by atoms with E-state index in [2.05, 4.69) is 15.0 Å². The first-order chi connectivity index (χ1) is 12.3. The lowest BCUT2D eigenvalue weighted by molar-refractivity contribution is 0.0693. The van der Waals surface area contributed by atoms with Gasteiger partial charge in [-0.3, -0.25) is 4.98 Å². The average Bonchev–Trinajstić information content (AvgIpc) is 2.58. The minimum Gasteiger partial charge on any atom is -0.507 e. The van der Waals surface area contributed by atoms with Gasteiger partial charge in [-0.15, -0.1) is 0 Å². The maximum Gasteiger partial charge on any atom is 0.348 e. The van der Waals surface area contributed by atoms with Crippen LogP contribution in [0.3, 0.4) is 0 Å². The summed E-state index contributed by atoms with van der Waals surface area (Å²) >= 11 is 0. The summed E-state index contributed by atoms with van der Waals surface area (Å²) in [5.74, 6) is -3.75. The summed E-state index contributed by atoms with van der Waals surface area (Å²) < 4.78 is 0. The van der Waals surface area contributed by atoms with Gasteiger partial charge in [-0.25, -0.2) is 14.6 Å². The Morgan fingerprint density at radius 2 is 1.62 bits per heavy atom. The molecule has 2 aromatic carbocycles. The van der Waals surface area contributed by atoms with E-state index >= 15 is 0 Å². The number of carbonyl (C=O) groups is 1. The molecule has 0 saturated heterocycles. The normalized spacial score (nSPS) is 10.6. The molecule has 0 atom stereocenters. The third-order valence-corrected chi connectivity index (χ3v) is 3.48. The van der Waals surface area contributed by atoms with Gasteiger partial charge < -0.3 is 25.5 Å². The molecule has 6 N–H and O–H groups in total. The Morgan fingerprint density at radius 3 is 2.27 bits per heavy atom. The number of phenols is 4. The molecule has 3 rings (SSSR count). The number of aromatic hydroxyl groups is 4. The molecule has 1 heterocycles. The van der Waals surface area contributed by atoms with Crippen molar-refractivity contribution in [2.24, 2.45) is 0 Å². The van der Waals surface area contributed by atoms with E-state index in [0.29, 0.717) is 0 Å². The zero-order chi connectivity index (χ0) is 19.0. The van der Waals surface area contributed by atoms with Gasteiger partial charge in [0.15, 0.2) is 17.3 Å². The summed E-state index contributed by atoms with van der Waals surface area (Å²) in [6.07, 6.45) is 0. The smallest absolute Gasteiger partial charge is 0.348 e. The number of benzene rings is 2. The van der Waals surface area contributed by atoms with Crippen LogP contribution in [0, 0.1) is 0 Å². The van der Waals surface area contributed by atoms with Crippen molar-refractivity contribution in [1.82, 2.24) is 15.0 Å². The number of hydrogen-bond acceptors (Lipinski definition) is 8. The summed E-state index contributed by atoms with van der Waals surface area (Å²) in [4.78, 5) is 32.8. The maximum atomic E-state index is 11.8. The van der Waals surface area contributed by atoms with Crippen LogP contribution in [-0.4, -0.2) is 46.5 Å². The monoisotopic (exact) mass is 357 g/mol. The number of phenolic OH excluding ortho intramolecular Hbond substituents is 3. The molecule has 0 aliphatic rings. The van der Waals surface area contributed by atoms with Gasteiger partial charge in [0.25, 0.3) is 0 Å². The molecule has 0 fully saturated rings. The highest BCUT2D eigenvalue weighted by atomic mass is 16.4. The summed E-state index contributed by atoms with van der Waals surface area (Å²) in [7, 11) is 0. The highest BCUT2D eigenvalue weighted by molar-refractivity contribution is 5.92. The van der Waals surface area contributed by atoms with Crippen LogP contribution in [0.2, 0.25) is 0 Å². The van der Waals surface area contributed by atoms with Gasteiger partial charge in [0.2, 0.25) is 0 Å². The summed E-state index contributed by atoms with van der Waals surface area (Å²) in [5.41, 5.74) is -1.28. The molecule has 0 radical (unpaired) electrons. The Morgan fingerprint density at radius 1 is 0.885 bits per heavy atom. The predicted molar refractivity (Wildman–Crippen MR) is 87.1 cm³/mol. The largest absolute Gasteiger partial charge is 0.507 e. The van der Waals surface area contributed by atoms with Crippen LogP contribution in [-0.2, 0) is 0 Å². The van der Waals surface area contributed by atoms with Gasteiger partial charge in [-0.2, -0.15) is 4.98 Å². The van der Waals surface area contributed by atoms with Gasteiger partial charge in [-0.05, 0) is 30.3 Å². The predicted octanol–water partition coefficient (Wildman–Crippen LogP) is 1.02. The van der Waals surface area contributed by atoms with Crippen molar-refractivity contribution in [3.8, 4) is 45.8 Å². The molecule has 1 aromatic heterocycles. The quantitative estimate of drug-likeness (QED) is 0.295. The Balaban J connectivity index is 2.17. The fourth-order valence-electron chi connectivity index (χ4n) is 2.24. The molecule has 0 aliphatic carbocycles. The van der Waals surface area contributed by atoms with Crippen molar-refractivity contribution in [1.29, 1.82) is 0 Å². The van der Waals surface area contributed by atoms with Crippen LogP contribution < -0.4 is 5.69 Å². The second-order valence-electron chi connectivity index (χ2n) is 5.22. The lowest BCUT2D eigenvalue weighted by atomic mass is 10.1. The number of nitrogens with zero attached hydrogens (tertiary/aromatic N) is 2. The van der Waals surface area contributed by atoms with Gasteiger partial charge in [0, 0.05) is 5.56 Å². The lowest BCUT2D eigenvalue weighted by Gasteiger charge is -2.08. The molecule has 0 amide bonds. The summed E-state index contributed by atoms with van der Waals surface area (Å²) in [6, 6.07) is 5.45. The third kappa shape index (κ3) is 2.98. The van der Waals surface area contributed by atoms with Crippen molar-refractivity contribution in [2.45, 2.75) is 0 Å². The van der Waals surface area contributed by atoms with Crippen LogP contribution in [0.1, 0.15) is 10.4 Å². The van der Waals surface area contributed by atoms with Gasteiger partial charge in [0.05, 0.1) is 5.56 Å². The van der Waals surface area contributed by atoms with Crippen LogP contribution >= 0.6 is 0 Å². The highest BCUT2D eigenvalue weighted by Crippen LogP contribution is 2.34. The van der Waals surface area contributed by atoms with Crippen LogP contribution in [0.5, 0.6) is 23.0 Å². The number of aromatic carboxylic acids is 1. The van der Waals surface area contributed by atoms with E-state index in [1.165, 1.54) is 12.1 Å². The standard InChI is InChI=1S/C16H11N3O7/c20-9-2-1-6(3-12(9)23)13-17-14(19-16(26)18-13)7-4-11(22)8(15(24)25)5-10(7)21/h1-5,20-23H,(H,24,25)(H,17,18,19,26). The molecule has 10 heteroatoms. The molecule has 10 nitrogen and oxygen atoms in total. The number of rotatable bonds is 3. The van der Waals surface area contributed by atoms with Crippen LogP contribution in [0.25, 0.3) is 22.8 Å². The fraction of sp³-hybridized carbons (Fsp3) is 0. The number of nitrogens with one attached hydrogen (secondary N) is 1. The minimum absolute atomic E-state index is 0.0310. The van der Waals surface area contributed by atoms with E-state index in [1.54, 1.807) is 0 Å². The lowest BCUT2D eigenvalue weighted by Crippen LogP contribution is -2.14. The SMILES string of the molecule is O=C(O)c1cc(O)c(-c2nc(-c3ccc(O)c(O)c3)[nH]c(=O)n2)cc1O. The van der Waals surface area contributed by atoms with Crippen molar-refractivity contribution in [3.05, 3.63) is 46.4 Å². The highest BCUT2D eigenvalue weighted by Gasteiger charge is 2.18. The van der Waals surface area contributed by atoms with E-state index in [0.717, 1.165) is 18.2 Å². The molecule has 0 saturated carbocycles. The topological polar surface area (TPSA) is 177 Å². The summed E-state index contributed by atoms with van der Waals surface area (Å²) in [5, 5.41) is 47.6. The minimum atomic E-state index is -1.45. The third-order valence-electron chi connectivity index (χ3n) is 3.48. The molecule has 0 bridgehead atoms. The number of carboxylic acid groups (broad SMARTS) is 1. The van der Waals surface area contributed by atoms with Gasteiger partial charge in [-0.1, -0.05) is 0 Å². The van der Waals surface area contributed by atoms with Crippen molar-refractivity contribution < 1.29 is 30.3 Å². The second-order valence-corrected chi connectivity index (χ2v) is 5.22. The second kappa shape index (κ2) is 6.09. The van der Waals surface area contributed by atoms with Crippen LogP contribution in [0.4, 0.5) is 0 Å². The molecular weight excluding hydrogens is 346 g/mol. The van der Waals surface area contributed by atoms with Crippen molar-refractivity contribution in [2.75, 3.05) is 0 Å². The molecule has 0 unspecified atom stereocenters. The Hall–Kier alpha value is -4.08. The first kappa shape index (κ1) is 16.8. The Labute approximate surface area is 144 Å². The zero-order valence-electron chi connectivity index (χ0n) is 12.8. The van der Waals surface area contributed by atoms with Crippen molar-refractivity contribution in [3.63, 3.8) is 0 Å². The molecule has 132 valence electrons. The van der Waals surface area contributed by atoms with E-state index in [-0.39, 0.29) is 28.5 Å². The van der Waals surface area contributed by atoms with E-state index < -0.39 is 34.5 Å².